The maximum absolute atomic E-state index is 12.0. The van der Waals surface area contributed by atoms with Crippen molar-refractivity contribution in [1.29, 1.82) is 0 Å². The number of hydrogen-bond donors (Lipinski definition) is 2. The van der Waals surface area contributed by atoms with Crippen molar-refractivity contribution in [3.63, 3.8) is 0 Å². The molecule has 2 atom stereocenters. The number of urea groups is 1. The van der Waals surface area contributed by atoms with Crippen LogP contribution in [0.4, 0.5) is 4.79 Å². The van der Waals surface area contributed by atoms with Gasteiger partial charge < -0.3 is 15.2 Å². The molecular weight excluding hydrogens is 268 g/mol. The van der Waals surface area contributed by atoms with E-state index in [1.165, 1.54) is 29.5 Å². The van der Waals surface area contributed by atoms with Crippen molar-refractivity contribution in [2.45, 2.75) is 31.2 Å². The van der Waals surface area contributed by atoms with Gasteiger partial charge in [0.1, 0.15) is 6.04 Å². The van der Waals surface area contributed by atoms with E-state index in [1.807, 2.05) is 6.92 Å². The van der Waals surface area contributed by atoms with Crippen molar-refractivity contribution in [3.8, 4) is 0 Å². The highest BCUT2D eigenvalue weighted by atomic mass is 32.2. The van der Waals surface area contributed by atoms with Crippen LogP contribution in [0.2, 0.25) is 0 Å². The van der Waals surface area contributed by atoms with Crippen molar-refractivity contribution in [2.75, 3.05) is 25.5 Å². The third-order valence-corrected chi connectivity index (χ3v) is 4.53. The third kappa shape index (κ3) is 4.01. The number of rotatable bonds is 6. The highest BCUT2D eigenvalue weighted by Gasteiger charge is 2.39. The van der Waals surface area contributed by atoms with Gasteiger partial charge in [0.15, 0.2) is 0 Å². The van der Waals surface area contributed by atoms with E-state index in [9.17, 15) is 9.59 Å². The zero-order valence-electron chi connectivity index (χ0n) is 11.0. The van der Waals surface area contributed by atoms with Crippen LogP contribution in [0.3, 0.4) is 0 Å². The van der Waals surface area contributed by atoms with E-state index in [4.69, 9.17) is 9.84 Å². The summed E-state index contributed by atoms with van der Waals surface area (Å²) in [6.07, 6.45) is 2.49. The molecule has 1 aliphatic heterocycles. The lowest BCUT2D eigenvalue weighted by Gasteiger charge is -2.25. The SMILES string of the molecule is CC1SCC(C(=O)O)N1C(=O)NCCOCC1CC1. The molecule has 0 aromatic carbocycles. The lowest BCUT2D eigenvalue weighted by atomic mass is 10.3. The zero-order chi connectivity index (χ0) is 13.8. The van der Waals surface area contributed by atoms with Gasteiger partial charge in [-0.2, -0.15) is 0 Å². The number of carboxylic acids is 1. The van der Waals surface area contributed by atoms with Crippen LogP contribution in [0.5, 0.6) is 0 Å². The minimum Gasteiger partial charge on any atom is -0.480 e. The summed E-state index contributed by atoms with van der Waals surface area (Å²) in [4.78, 5) is 24.4. The summed E-state index contributed by atoms with van der Waals surface area (Å²) < 4.78 is 5.42. The Bertz CT molecular complexity index is 349. The van der Waals surface area contributed by atoms with Gasteiger partial charge in [-0.1, -0.05) is 0 Å². The molecule has 1 aliphatic carbocycles. The van der Waals surface area contributed by atoms with E-state index in [-0.39, 0.29) is 11.4 Å². The lowest BCUT2D eigenvalue weighted by Crippen LogP contribution is -2.50. The molecule has 2 rings (SSSR count). The molecule has 1 saturated carbocycles. The molecular formula is C12H20N2O4S. The molecule has 19 heavy (non-hydrogen) atoms. The number of thioether (sulfide) groups is 1. The predicted molar refractivity (Wildman–Crippen MR) is 72.1 cm³/mol. The number of aliphatic carboxylic acids is 1. The monoisotopic (exact) mass is 288 g/mol. The average Bonchev–Trinajstić information content (AvgIpc) is 3.09. The number of nitrogens with one attached hydrogen (secondary N) is 1. The Hall–Kier alpha value is -0.950. The minimum absolute atomic E-state index is 0.103. The highest BCUT2D eigenvalue weighted by Crippen LogP contribution is 2.29. The first-order valence-electron chi connectivity index (χ1n) is 6.58. The fourth-order valence-electron chi connectivity index (χ4n) is 2.00. The van der Waals surface area contributed by atoms with E-state index in [2.05, 4.69) is 5.32 Å². The molecule has 0 aromatic heterocycles. The number of carbonyl (C=O) groups is 2. The standard InChI is InChI=1S/C12H20N2O4S/c1-8-14(10(7-19-8)11(15)16)12(17)13-4-5-18-6-9-2-3-9/h8-10H,2-7H2,1H3,(H,13,17)(H,15,16). The largest absolute Gasteiger partial charge is 0.480 e. The first-order chi connectivity index (χ1) is 9.09. The average molecular weight is 288 g/mol. The number of hydrogen-bond acceptors (Lipinski definition) is 4. The molecule has 0 spiro atoms. The molecule has 0 bridgehead atoms. The number of carboxylic acid groups (broad SMARTS) is 1. The molecule has 1 saturated heterocycles. The van der Waals surface area contributed by atoms with Crippen LogP contribution < -0.4 is 5.32 Å². The topological polar surface area (TPSA) is 78.9 Å². The fourth-order valence-corrected chi connectivity index (χ4v) is 3.16. The predicted octanol–water partition coefficient (Wildman–Crippen LogP) is 0.971. The molecule has 2 amide bonds. The second kappa shape index (κ2) is 6.47. The Labute approximate surface area is 116 Å². The van der Waals surface area contributed by atoms with Crippen molar-refractivity contribution in [1.82, 2.24) is 10.2 Å². The van der Waals surface area contributed by atoms with Crippen LogP contribution >= 0.6 is 11.8 Å². The van der Waals surface area contributed by atoms with Gasteiger partial charge >= 0.3 is 12.0 Å². The van der Waals surface area contributed by atoms with Crippen LogP contribution in [0.1, 0.15) is 19.8 Å². The van der Waals surface area contributed by atoms with E-state index in [0.29, 0.717) is 24.8 Å². The molecule has 2 unspecified atom stereocenters. The van der Waals surface area contributed by atoms with Crippen LogP contribution in [-0.2, 0) is 9.53 Å². The summed E-state index contributed by atoms with van der Waals surface area (Å²) in [5, 5.41) is 11.7. The normalized spacial score (nSPS) is 26.5. The van der Waals surface area contributed by atoms with Gasteiger partial charge in [0.2, 0.25) is 0 Å². The van der Waals surface area contributed by atoms with Gasteiger partial charge in [0.25, 0.3) is 0 Å². The Balaban J connectivity index is 1.69. The Kier molecular flexibility index (Phi) is 4.93. The molecule has 108 valence electrons. The smallest absolute Gasteiger partial charge is 0.327 e. The van der Waals surface area contributed by atoms with Gasteiger partial charge in [0, 0.05) is 18.9 Å². The Morgan fingerprint density at radius 1 is 1.47 bits per heavy atom. The van der Waals surface area contributed by atoms with Gasteiger partial charge in [-0.05, 0) is 25.7 Å². The van der Waals surface area contributed by atoms with E-state index in [0.717, 1.165) is 6.61 Å². The maximum Gasteiger partial charge on any atom is 0.327 e. The van der Waals surface area contributed by atoms with E-state index < -0.39 is 12.0 Å². The summed E-state index contributed by atoms with van der Waals surface area (Å²) in [5.41, 5.74) is 0. The van der Waals surface area contributed by atoms with Gasteiger partial charge in [-0.3, -0.25) is 4.90 Å². The number of ether oxygens (including phenoxy) is 1. The fraction of sp³-hybridized carbons (Fsp3) is 0.833. The Morgan fingerprint density at radius 2 is 2.21 bits per heavy atom. The van der Waals surface area contributed by atoms with Crippen LogP contribution in [-0.4, -0.2) is 58.9 Å². The van der Waals surface area contributed by atoms with Crippen LogP contribution in [0.15, 0.2) is 0 Å². The van der Waals surface area contributed by atoms with Crippen LogP contribution in [0, 0.1) is 5.92 Å². The lowest BCUT2D eigenvalue weighted by molar-refractivity contribution is -0.141. The summed E-state index contributed by atoms with van der Waals surface area (Å²) in [5.74, 6) is 0.210. The van der Waals surface area contributed by atoms with E-state index >= 15 is 0 Å². The Morgan fingerprint density at radius 3 is 2.84 bits per heavy atom. The van der Waals surface area contributed by atoms with Gasteiger partial charge in [0.05, 0.1) is 12.0 Å². The summed E-state index contributed by atoms with van der Waals surface area (Å²) in [6.45, 7) is 3.52. The van der Waals surface area contributed by atoms with Crippen molar-refractivity contribution in [3.05, 3.63) is 0 Å². The number of carbonyl (C=O) groups excluding carboxylic acids is 1. The molecule has 7 heteroatoms. The quantitative estimate of drug-likeness (QED) is 0.712. The highest BCUT2D eigenvalue weighted by molar-refractivity contribution is 8.00. The number of amides is 2. The summed E-state index contributed by atoms with van der Waals surface area (Å²) in [7, 11) is 0. The molecule has 0 radical (unpaired) electrons. The molecule has 2 N–H and O–H groups in total. The third-order valence-electron chi connectivity index (χ3n) is 3.32. The van der Waals surface area contributed by atoms with E-state index in [1.54, 1.807) is 0 Å². The molecule has 6 nitrogen and oxygen atoms in total. The van der Waals surface area contributed by atoms with Crippen molar-refractivity contribution in [2.24, 2.45) is 5.92 Å². The van der Waals surface area contributed by atoms with Gasteiger partial charge in [-0.15, -0.1) is 11.8 Å². The summed E-state index contributed by atoms with van der Waals surface area (Å²) >= 11 is 1.48. The number of nitrogens with zero attached hydrogens (tertiary/aromatic N) is 1. The molecule has 2 fully saturated rings. The minimum atomic E-state index is -0.947. The van der Waals surface area contributed by atoms with Gasteiger partial charge in [-0.25, -0.2) is 9.59 Å². The van der Waals surface area contributed by atoms with Crippen LogP contribution in [0.25, 0.3) is 0 Å². The molecule has 1 heterocycles. The second-order valence-corrected chi connectivity index (χ2v) is 6.29. The second-order valence-electron chi connectivity index (χ2n) is 4.94. The molecule has 2 aliphatic rings. The van der Waals surface area contributed by atoms with Crippen molar-refractivity contribution >= 4 is 23.8 Å². The summed E-state index contributed by atoms with van der Waals surface area (Å²) in [6, 6.07) is -1.05. The first-order valence-corrected chi connectivity index (χ1v) is 7.62. The zero-order valence-corrected chi connectivity index (χ0v) is 11.8. The maximum atomic E-state index is 12.0. The first kappa shape index (κ1) is 14.5. The molecule has 0 aromatic rings. The van der Waals surface area contributed by atoms with Crippen molar-refractivity contribution < 1.29 is 19.4 Å².